The Morgan fingerprint density at radius 2 is 1.91 bits per heavy atom. The highest BCUT2D eigenvalue weighted by molar-refractivity contribution is 6.03. The normalized spacial score (nSPS) is 17.3. The molecule has 32 heavy (non-hydrogen) atoms. The summed E-state index contributed by atoms with van der Waals surface area (Å²) in [6.45, 7) is 0. The number of rotatable bonds is 4. The molecule has 2 aromatic heterocycles. The van der Waals surface area contributed by atoms with E-state index in [0.717, 1.165) is 11.1 Å². The molecule has 1 aliphatic rings. The summed E-state index contributed by atoms with van der Waals surface area (Å²) in [5.74, 6) is -0.525. The van der Waals surface area contributed by atoms with E-state index < -0.39 is 23.5 Å². The van der Waals surface area contributed by atoms with Crippen LogP contribution in [0.2, 0.25) is 0 Å². The van der Waals surface area contributed by atoms with Crippen LogP contribution in [0, 0.1) is 5.82 Å². The van der Waals surface area contributed by atoms with Crippen LogP contribution in [-0.2, 0) is 5.54 Å². The second kappa shape index (κ2) is 7.56. The van der Waals surface area contributed by atoms with Crippen molar-refractivity contribution in [3.05, 3.63) is 113 Å². The second-order valence-corrected chi connectivity index (χ2v) is 7.35. The topological polar surface area (TPSA) is 77.0 Å². The van der Waals surface area contributed by atoms with Gasteiger partial charge in [-0.05, 0) is 41.0 Å². The number of hydrogen-bond acceptors (Lipinski definition) is 5. The van der Waals surface area contributed by atoms with Crippen LogP contribution >= 0.6 is 0 Å². The van der Waals surface area contributed by atoms with Gasteiger partial charge in [-0.25, -0.2) is 28.1 Å². The Morgan fingerprint density at radius 3 is 2.69 bits per heavy atom. The van der Waals surface area contributed by atoms with Crippen LogP contribution in [0.3, 0.4) is 0 Å². The number of aliphatic imine (C=N–C) groups is 1. The lowest BCUT2D eigenvalue weighted by molar-refractivity contribution is 0.146. The maximum Gasteiger partial charge on any atom is 0.280 e. The van der Waals surface area contributed by atoms with E-state index in [1.807, 2.05) is 24.3 Å². The number of pyridine rings is 1. The number of halogens is 3. The SMILES string of the molecule is NC1=N[C@](c2ccnc(C(F)F)c2)([14c]2[14cH][14cH][14cH][14c](-c3cncnc3)[14cH]2)c2cccc(F)c21. The lowest BCUT2D eigenvalue weighted by Crippen LogP contribution is -2.26. The van der Waals surface area contributed by atoms with Gasteiger partial charge in [0.15, 0.2) is 0 Å². The molecule has 0 saturated carbocycles. The van der Waals surface area contributed by atoms with E-state index in [-0.39, 0.29) is 11.4 Å². The minimum Gasteiger partial charge on any atom is -0.383 e. The number of benzene rings is 2. The van der Waals surface area contributed by atoms with E-state index in [9.17, 15) is 13.2 Å². The van der Waals surface area contributed by atoms with Crippen molar-refractivity contribution in [2.75, 3.05) is 0 Å². The highest BCUT2D eigenvalue weighted by Crippen LogP contribution is 2.47. The van der Waals surface area contributed by atoms with Gasteiger partial charge in [-0.3, -0.25) is 4.98 Å². The predicted octanol–water partition coefficient (Wildman–Crippen LogP) is 4.63. The fraction of sp³-hybridized carbons (Fsp3) is 0.0833. The van der Waals surface area contributed by atoms with Crippen LogP contribution in [0.4, 0.5) is 13.2 Å². The third kappa shape index (κ3) is 3.03. The van der Waals surface area contributed by atoms with Gasteiger partial charge < -0.3 is 5.73 Å². The summed E-state index contributed by atoms with van der Waals surface area (Å²) in [7, 11) is 0. The molecular formula is C24H16F3N5. The largest absolute Gasteiger partial charge is 0.383 e. The van der Waals surface area contributed by atoms with Crippen LogP contribution < -0.4 is 5.73 Å². The van der Waals surface area contributed by atoms with Crippen LogP contribution in [0.15, 0.2) is 84.5 Å². The van der Waals surface area contributed by atoms with E-state index in [2.05, 4.69) is 19.9 Å². The van der Waals surface area contributed by atoms with Gasteiger partial charge in [0, 0.05) is 29.7 Å². The highest BCUT2D eigenvalue weighted by Gasteiger charge is 2.44. The van der Waals surface area contributed by atoms with Gasteiger partial charge in [-0.1, -0.05) is 30.3 Å². The van der Waals surface area contributed by atoms with Crippen molar-refractivity contribution in [2.45, 2.75) is 12.0 Å². The van der Waals surface area contributed by atoms with Crippen molar-refractivity contribution in [3.8, 4) is 11.1 Å². The van der Waals surface area contributed by atoms with Crippen molar-refractivity contribution >= 4 is 5.84 Å². The third-order valence-electron chi connectivity index (χ3n) is 5.54. The highest BCUT2D eigenvalue weighted by atomic mass is 19.3. The summed E-state index contributed by atoms with van der Waals surface area (Å²) in [6.07, 6.45) is 3.30. The summed E-state index contributed by atoms with van der Waals surface area (Å²) in [6, 6.07) is 14.8. The minimum atomic E-state index is -2.77. The molecule has 5 nitrogen and oxygen atoms in total. The van der Waals surface area contributed by atoms with Crippen molar-refractivity contribution in [1.82, 2.24) is 15.0 Å². The summed E-state index contributed by atoms with van der Waals surface area (Å²) in [5.41, 5.74) is 7.71. The Kier molecular flexibility index (Phi) is 4.70. The number of aromatic nitrogens is 3. The first kappa shape index (κ1) is 19.9. The van der Waals surface area contributed by atoms with Crippen molar-refractivity contribution < 1.29 is 13.2 Å². The van der Waals surface area contributed by atoms with Crippen LogP contribution in [0.25, 0.3) is 11.1 Å². The molecule has 4 aromatic rings. The van der Waals surface area contributed by atoms with Crippen LogP contribution in [0.1, 0.15) is 34.4 Å². The molecule has 0 amide bonds. The molecule has 3 heterocycles. The molecule has 158 valence electrons. The lowest BCUT2D eigenvalue weighted by atomic mass is 9.91. The fourth-order valence-electron chi connectivity index (χ4n) is 4.15. The summed E-state index contributed by atoms with van der Waals surface area (Å²) in [4.78, 5) is 16.6. The average Bonchev–Trinajstić information content (AvgIpc) is 3.14. The second-order valence-electron chi connectivity index (χ2n) is 7.35. The zero-order valence-electron chi connectivity index (χ0n) is 16.6. The van der Waals surface area contributed by atoms with Gasteiger partial charge >= 0.3 is 0 Å². The van der Waals surface area contributed by atoms with E-state index in [1.54, 1.807) is 30.6 Å². The first-order chi connectivity index (χ1) is 15.5. The quantitative estimate of drug-likeness (QED) is 0.499. The van der Waals surface area contributed by atoms with Crippen molar-refractivity contribution in [3.63, 3.8) is 0 Å². The van der Waals surface area contributed by atoms with Crippen molar-refractivity contribution in [1.29, 1.82) is 0 Å². The molecule has 0 saturated heterocycles. The zero-order valence-corrected chi connectivity index (χ0v) is 16.6. The predicted molar refractivity (Wildman–Crippen MR) is 114 cm³/mol. The number of nitrogens with zero attached hydrogens (tertiary/aromatic N) is 4. The smallest absolute Gasteiger partial charge is 0.280 e. The maximum absolute atomic E-state index is 14.8. The number of fused-ring (bicyclic) bond motifs is 1. The van der Waals surface area contributed by atoms with Gasteiger partial charge in [0.05, 0.1) is 5.56 Å². The molecular weight excluding hydrogens is 427 g/mol. The van der Waals surface area contributed by atoms with Crippen molar-refractivity contribution in [2.24, 2.45) is 10.7 Å². The minimum absolute atomic E-state index is 0.00181. The molecule has 2 N–H and O–H groups in total. The Hall–Kier alpha value is -4.07. The first-order valence-corrected chi connectivity index (χ1v) is 9.76. The zero-order chi connectivity index (χ0) is 22.3. The first-order valence-electron chi connectivity index (χ1n) is 9.76. The standard InChI is InChI=1S/C24H16F3N5/c25-19-6-2-5-18-21(19)23(28)32-24(18,17-7-8-31-20(10-17)22(26)27)16-4-1-3-14(9-16)15-11-29-13-30-12-15/h1-13,22H,(H2,28,32)/t24-/m0/s1/i1+2,3+2,4+2,9+2,14+2,16+2. The van der Waals surface area contributed by atoms with Crippen LogP contribution in [-0.4, -0.2) is 20.8 Å². The summed E-state index contributed by atoms with van der Waals surface area (Å²) < 4.78 is 41.7. The monoisotopic (exact) mass is 443 g/mol. The van der Waals surface area contributed by atoms with E-state index >= 15 is 0 Å². The van der Waals surface area contributed by atoms with Crippen LogP contribution in [0.5, 0.6) is 0 Å². The number of hydrogen-bond donors (Lipinski definition) is 1. The Bertz CT molecular complexity index is 1340. The fourth-order valence-corrected chi connectivity index (χ4v) is 4.15. The van der Waals surface area contributed by atoms with E-state index in [0.29, 0.717) is 16.7 Å². The molecule has 0 fully saturated rings. The molecule has 2 aromatic carbocycles. The summed E-state index contributed by atoms with van der Waals surface area (Å²) >= 11 is 0. The summed E-state index contributed by atoms with van der Waals surface area (Å²) in [5, 5.41) is 0. The molecule has 0 unspecified atom stereocenters. The van der Waals surface area contributed by atoms with E-state index in [4.69, 9.17) is 5.73 Å². The Labute approximate surface area is 181 Å². The molecule has 0 bridgehead atoms. The maximum atomic E-state index is 14.8. The third-order valence-corrected chi connectivity index (χ3v) is 5.54. The Morgan fingerprint density at radius 1 is 1.09 bits per heavy atom. The molecule has 8 heteroatoms. The average molecular weight is 443 g/mol. The number of alkyl halides is 2. The number of amidine groups is 1. The van der Waals surface area contributed by atoms with Gasteiger partial charge in [-0.15, -0.1) is 0 Å². The van der Waals surface area contributed by atoms with Gasteiger partial charge in [-0.2, -0.15) is 0 Å². The lowest BCUT2D eigenvalue weighted by Gasteiger charge is -2.30. The van der Waals surface area contributed by atoms with Gasteiger partial charge in [0.1, 0.15) is 29.2 Å². The molecule has 0 radical (unpaired) electrons. The molecule has 1 atom stereocenters. The molecule has 1 aliphatic heterocycles. The molecule has 0 spiro atoms. The Balaban J connectivity index is 1.82. The van der Waals surface area contributed by atoms with E-state index in [1.165, 1.54) is 24.7 Å². The number of nitrogens with two attached hydrogens (primary N) is 1. The van der Waals surface area contributed by atoms with Gasteiger partial charge in [0.2, 0.25) is 0 Å². The molecule has 0 aliphatic carbocycles. The van der Waals surface area contributed by atoms with Gasteiger partial charge in [0.25, 0.3) is 6.43 Å². The molecule has 5 rings (SSSR count).